The fourth-order valence-corrected chi connectivity index (χ4v) is 2.04. The molecule has 0 aliphatic carbocycles. The van der Waals surface area contributed by atoms with Crippen LogP contribution in [-0.4, -0.2) is 14.9 Å². The highest BCUT2D eigenvalue weighted by Crippen LogP contribution is 2.25. The largest absolute Gasteiger partial charge is 0.506 e. The van der Waals surface area contributed by atoms with Crippen LogP contribution in [-0.2, 0) is 6.54 Å². The lowest BCUT2D eigenvalue weighted by molar-refractivity contribution is 0.471. The molecule has 0 unspecified atom stereocenters. The van der Waals surface area contributed by atoms with E-state index < -0.39 is 0 Å². The van der Waals surface area contributed by atoms with E-state index in [1.54, 1.807) is 23.0 Å². The molecule has 4 heteroatoms. The first-order valence-corrected chi connectivity index (χ1v) is 5.74. The number of fused-ring (bicyclic) bond motifs is 1. The number of para-hydroxylation sites is 2. The van der Waals surface area contributed by atoms with E-state index in [0.29, 0.717) is 12.2 Å². The Labute approximate surface area is 104 Å². The second-order valence-corrected chi connectivity index (χ2v) is 4.14. The predicted octanol–water partition coefficient (Wildman–Crippen LogP) is 2.19. The van der Waals surface area contributed by atoms with Gasteiger partial charge in [0.25, 0.3) is 0 Å². The summed E-state index contributed by atoms with van der Waals surface area (Å²) in [6, 6.07) is 13.1. The summed E-state index contributed by atoms with van der Waals surface area (Å²) in [7, 11) is 0. The molecule has 4 nitrogen and oxygen atoms in total. The number of hydrogen-bond donors (Lipinski definition) is 2. The zero-order valence-electron chi connectivity index (χ0n) is 9.74. The van der Waals surface area contributed by atoms with Gasteiger partial charge in [0.05, 0.1) is 11.7 Å². The molecular formula is C14H13N3O. The van der Waals surface area contributed by atoms with Gasteiger partial charge in [0.15, 0.2) is 0 Å². The van der Waals surface area contributed by atoms with E-state index in [0.717, 1.165) is 16.5 Å². The van der Waals surface area contributed by atoms with Crippen LogP contribution in [0.1, 0.15) is 5.56 Å². The minimum absolute atomic E-state index is 0.213. The van der Waals surface area contributed by atoms with Gasteiger partial charge in [-0.3, -0.25) is 0 Å². The second kappa shape index (κ2) is 4.16. The summed E-state index contributed by atoms with van der Waals surface area (Å²) in [6.45, 7) is 0.512. The lowest BCUT2D eigenvalue weighted by Gasteiger charge is -2.06. The Bertz CT molecular complexity index is 703. The Kier molecular flexibility index (Phi) is 2.50. The number of phenols is 1. The fraction of sp³-hybridized carbons (Fsp3) is 0.0714. The standard InChI is InChI=1S/C14H13N3O/c15-8-10-5-6-12-11(7-10)9-16-17(12)13-3-1-2-4-14(13)18/h1-7,9,18H,8,15H2. The third-order valence-electron chi connectivity index (χ3n) is 2.98. The summed E-state index contributed by atoms with van der Waals surface area (Å²) in [4.78, 5) is 0. The van der Waals surface area contributed by atoms with E-state index in [-0.39, 0.29) is 5.75 Å². The van der Waals surface area contributed by atoms with Gasteiger partial charge in [-0.1, -0.05) is 18.2 Å². The first-order chi connectivity index (χ1) is 8.79. The Morgan fingerprint density at radius 1 is 1.17 bits per heavy atom. The zero-order valence-corrected chi connectivity index (χ0v) is 9.74. The molecule has 0 bridgehead atoms. The van der Waals surface area contributed by atoms with Crippen LogP contribution in [0, 0.1) is 0 Å². The molecule has 0 spiro atoms. The molecule has 3 N–H and O–H groups in total. The maximum Gasteiger partial charge on any atom is 0.141 e. The van der Waals surface area contributed by atoms with Gasteiger partial charge in [-0.2, -0.15) is 5.10 Å². The minimum Gasteiger partial charge on any atom is -0.506 e. The van der Waals surface area contributed by atoms with Crippen LogP contribution in [0.4, 0.5) is 0 Å². The number of nitrogens with two attached hydrogens (primary N) is 1. The molecule has 0 saturated heterocycles. The summed E-state index contributed by atoms with van der Waals surface area (Å²) >= 11 is 0. The van der Waals surface area contributed by atoms with Crippen molar-refractivity contribution in [2.45, 2.75) is 6.54 Å². The number of benzene rings is 2. The van der Waals surface area contributed by atoms with E-state index in [9.17, 15) is 5.11 Å². The SMILES string of the molecule is NCc1ccc2c(cnn2-c2ccccc2O)c1. The molecule has 0 aliphatic heterocycles. The monoisotopic (exact) mass is 239 g/mol. The van der Waals surface area contributed by atoms with E-state index in [4.69, 9.17) is 5.73 Å². The topological polar surface area (TPSA) is 64.1 Å². The number of aromatic nitrogens is 2. The van der Waals surface area contributed by atoms with Gasteiger partial charge in [-0.05, 0) is 29.8 Å². The number of nitrogens with zero attached hydrogens (tertiary/aromatic N) is 2. The molecule has 3 aromatic rings. The van der Waals surface area contributed by atoms with Gasteiger partial charge in [0, 0.05) is 11.9 Å². The molecule has 1 heterocycles. The Balaban J connectivity index is 2.22. The zero-order chi connectivity index (χ0) is 12.5. The van der Waals surface area contributed by atoms with Crippen molar-refractivity contribution in [3.63, 3.8) is 0 Å². The molecule has 1 aromatic heterocycles. The smallest absolute Gasteiger partial charge is 0.141 e. The van der Waals surface area contributed by atoms with Gasteiger partial charge < -0.3 is 10.8 Å². The molecule has 0 radical (unpaired) electrons. The normalized spacial score (nSPS) is 10.9. The van der Waals surface area contributed by atoms with Gasteiger partial charge in [0.1, 0.15) is 11.4 Å². The summed E-state index contributed by atoms with van der Waals surface area (Å²) in [5, 5.41) is 15.2. The first-order valence-electron chi connectivity index (χ1n) is 5.74. The minimum atomic E-state index is 0.213. The van der Waals surface area contributed by atoms with Crippen molar-refractivity contribution in [3.05, 3.63) is 54.2 Å². The Morgan fingerprint density at radius 3 is 2.78 bits per heavy atom. The van der Waals surface area contributed by atoms with Gasteiger partial charge in [0.2, 0.25) is 0 Å². The first kappa shape index (κ1) is 10.8. The lowest BCUT2D eigenvalue weighted by atomic mass is 10.1. The van der Waals surface area contributed by atoms with Gasteiger partial charge in [-0.15, -0.1) is 0 Å². The quantitative estimate of drug-likeness (QED) is 0.720. The number of rotatable bonds is 2. The van der Waals surface area contributed by atoms with Gasteiger partial charge >= 0.3 is 0 Å². The highest BCUT2D eigenvalue weighted by atomic mass is 16.3. The van der Waals surface area contributed by atoms with E-state index >= 15 is 0 Å². The number of aromatic hydroxyl groups is 1. The van der Waals surface area contributed by atoms with Crippen LogP contribution in [0.25, 0.3) is 16.6 Å². The summed E-state index contributed by atoms with van der Waals surface area (Å²) in [5.41, 5.74) is 8.31. The average molecular weight is 239 g/mol. The molecule has 0 atom stereocenters. The van der Waals surface area contributed by atoms with Crippen molar-refractivity contribution in [2.75, 3.05) is 0 Å². The van der Waals surface area contributed by atoms with Crippen molar-refractivity contribution >= 4 is 10.9 Å². The highest BCUT2D eigenvalue weighted by Gasteiger charge is 2.08. The number of phenolic OH excluding ortho intramolecular Hbond substituents is 1. The maximum absolute atomic E-state index is 9.86. The average Bonchev–Trinajstić information content (AvgIpc) is 2.82. The third kappa shape index (κ3) is 1.63. The van der Waals surface area contributed by atoms with Crippen molar-refractivity contribution in [2.24, 2.45) is 5.73 Å². The third-order valence-corrected chi connectivity index (χ3v) is 2.98. The van der Waals surface area contributed by atoms with Crippen LogP contribution in [0.2, 0.25) is 0 Å². The summed E-state index contributed by atoms with van der Waals surface area (Å²) < 4.78 is 1.73. The number of hydrogen-bond acceptors (Lipinski definition) is 3. The Morgan fingerprint density at radius 2 is 2.00 bits per heavy atom. The predicted molar refractivity (Wildman–Crippen MR) is 70.6 cm³/mol. The van der Waals surface area contributed by atoms with Crippen LogP contribution < -0.4 is 5.73 Å². The molecule has 2 aromatic carbocycles. The van der Waals surface area contributed by atoms with Crippen LogP contribution in [0.3, 0.4) is 0 Å². The molecule has 0 saturated carbocycles. The highest BCUT2D eigenvalue weighted by molar-refractivity contribution is 5.81. The molecule has 0 aliphatic rings. The van der Waals surface area contributed by atoms with Crippen molar-refractivity contribution in [3.8, 4) is 11.4 Å². The fourth-order valence-electron chi connectivity index (χ4n) is 2.04. The van der Waals surface area contributed by atoms with E-state index in [2.05, 4.69) is 5.10 Å². The molecule has 0 amide bonds. The maximum atomic E-state index is 9.86. The van der Waals surface area contributed by atoms with E-state index in [1.807, 2.05) is 30.3 Å². The van der Waals surface area contributed by atoms with Crippen molar-refractivity contribution < 1.29 is 5.11 Å². The second-order valence-electron chi connectivity index (χ2n) is 4.14. The van der Waals surface area contributed by atoms with Crippen molar-refractivity contribution in [1.29, 1.82) is 0 Å². The molecule has 18 heavy (non-hydrogen) atoms. The van der Waals surface area contributed by atoms with E-state index in [1.165, 1.54) is 0 Å². The Hall–Kier alpha value is -2.33. The molecule has 90 valence electrons. The van der Waals surface area contributed by atoms with Crippen LogP contribution >= 0.6 is 0 Å². The van der Waals surface area contributed by atoms with Gasteiger partial charge in [-0.25, -0.2) is 4.68 Å². The van der Waals surface area contributed by atoms with Crippen molar-refractivity contribution in [1.82, 2.24) is 9.78 Å². The molecule has 3 rings (SSSR count). The van der Waals surface area contributed by atoms with Crippen LogP contribution in [0.15, 0.2) is 48.7 Å². The lowest BCUT2D eigenvalue weighted by Crippen LogP contribution is -1.97. The van der Waals surface area contributed by atoms with Crippen LogP contribution in [0.5, 0.6) is 5.75 Å². The summed E-state index contributed by atoms with van der Waals surface area (Å²) in [5.74, 6) is 0.213. The molecular weight excluding hydrogens is 226 g/mol. The molecule has 0 fully saturated rings. The summed E-state index contributed by atoms with van der Waals surface area (Å²) in [6.07, 6.45) is 1.78.